The molecule has 0 fully saturated rings. The van der Waals surface area contributed by atoms with Gasteiger partial charge in [-0.2, -0.15) is 13.2 Å². The van der Waals surface area contributed by atoms with Gasteiger partial charge in [0, 0.05) is 0 Å². The molecule has 112 valence electrons. The zero-order valence-corrected chi connectivity index (χ0v) is 10.6. The molecule has 0 saturated carbocycles. The van der Waals surface area contributed by atoms with Crippen LogP contribution in [0.4, 0.5) is 22.0 Å². The van der Waals surface area contributed by atoms with Crippen LogP contribution >= 0.6 is 0 Å². The first-order valence-electron chi connectivity index (χ1n) is 5.79. The number of halogens is 5. The topological polar surface area (TPSA) is 39.2 Å². The summed E-state index contributed by atoms with van der Waals surface area (Å²) in [5.74, 6) is -4.29. The van der Waals surface area contributed by atoms with Gasteiger partial charge in [0.1, 0.15) is 11.4 Å². The van der Waals surface area contributed by atoms with E-state index in [0.717, 1.165) is 18.2 Å². The summed E-state index contributed by atoms with van der Waals surface area (Å²) in [6.07, 6.45) is -5.08. The number of hydrogen-bond acceptors (Lipinski definition) is 3. The molecule has 0 aliphatic carbocycles. The predicted molar refractivity (Wildman–Crippen MR) is 62.6 cm³/mol. The summed E-state index contributed by atoms with van der Waals surface area (Å²) in [5.41, 5.74) is -3.69. The molecule has 0 N–H and O–H groups in total. The molecule has 0 unspecified atom stereocenters. The molecule has 0 aliphatic heterocycles. The first kappa shape index (κ1) is 15.1. The molecule has 0 saturated heterocycles. The van der Waals surface area contributed by atoms with Crippen molar-refractivity contribution in [3.05, 3.63) is 41.1 Å². The maximum absolute atomic E-state index is 14.2. The minimum atomic E-state index is -5.08. The van der Waals surface area contributed by atoms with Crippen LogP contribution < -0.4 is 0 Å². The summed E-state index contributed by atoms with van der Waals surface area (Å²) in [7, 11) is 0. The fourth-order valence-corrected chi connectivity index (χ4v) is 1.82. The van der Waals surface area contributed by atoms with Crippen molar-refractivity contribution in [3.8, 4) is 0 Å². The molecule has 0 spiro atoms. The number of carbonyl (C=O) groups excluding carboxylic acids is 1. The third kappa shape index (κ3) is 2.65. The number of rotatable bonds is 2. The van der Waals surface area contributed by atoms with E-state index in [4.69, 9.17) is 0 Å². The zero-order valence-electron chi connectivity index (χ0n) is 10.6. The maximum atomic E-state index is 14.2. The van der Waals surface area contributed by atoms with Crippen molar-refractivity contribution in [1.29, 1.82) is 0 Å². The van der Waals surface area contributed by atoms with Gasteiger partial charge in [-0.25, -0.2) is 18.6 Å². The third-order valence-electron chi connectivity index (χ3n) is 2.65. The Balaban J connectivity index is 2.88. The van der Waals surface area contributed by atoms with Gasteiger partial charge < -0.3 is 4.74 Å². The number of carbonyl (C=O) groups is 1. The van der Waals surface area contributed by atoms with Crippen LogP contribution in [0.2, 0.25) is 0 Å². The minimum Gasteiger partial charge on any atom is -0.462 e. The molecule has 0 aliphatic rings. The van der Waals surface area contributed by atoms with Gasteiger partial charge in [0.25, 0.3) is 0 Å². The predicted octanol–water partition coefficient (Wildman–Crippen LogP) is 3.71. The van der Waals surface area contributed by atoms with Gasteiger partial charge in [-0.15, -0.1) is 0 Å². The fourth-order valence-electron chi connectivity index (χ4n) is 1.82. The SMILES string of the molecule is CCOC(=O)c1c(C(F)(F)F)nc2cccc(F)c2c1F. The lowest BCUT2D eigenvalue weighted by Gasteiger charge is -2.14. The number of ether oxygens (including phenoxy) is 1. The van der Waals surface area contributed by atoms with Crippen LogP contribution in [0.5, 0.6) is 0 Å². The van der Waals surface area contributed by atoms with E-state index in [9.17, 15) is 26.7 Å². The molecule has 1 heterocycles. The minimum absolute atomic E-state index is 0.259. The molecule has 0 bridgehead atoms. The standard InChI is InChI=1S/C13H8F5NO2/c1-2-21-12(20)9-10(15)8-6(14)4-3-5-7(8)19-11(9)13(16,17)18/h3-5H,2H2,1H3. The molecule has 1 aromatic carbocycles. The number of aromatic nitrogens is 1. The molecule has 0 amide bonds. The first-order valence-corrected chi connectivity index (χ1v) is 5.79. The van der Waals surface area contributed by atoms with E-state index < -0.39 is 45.9 Å². The number of alkyl halides is 3. The van der Waals surface area contributed by atoms with E-state index in [2.05, 4.69) is 9.72 Å². The van der Waals surface area contributed by atoms with E-state index >= 15 is 0 Å². The summed E-state index contributed by atoms with van der Waals surface area (Å²) in [4.78, 5) is 14.7. The number of esters is 1. The Morgan fingerprint density at radius 3 is 2.52 bits per heavy atom. The van der Waals surface area contributed by atoms with Crippen LogP contribution in [0, 0.1) is 11.6 Å². The molecule has 0 radical (unpaired) electrons. The van der Waals surface area contributed by atoms with E-state index in [1.165, 1.54) is 6.92 Å². The average molecular weight is 305 g/mol. The van der Waals surface area contributed by atoms with Gasteiger partial charge >= 0.3 is 12.1 Å². The number of nitrogens with zero attached hydrogens (tertiary/aromatic N) is 1. The second kappa shape index (κ2) is 5.27. The Morgan fingerprint density at radius 2 is 1.95 bits per heavy atom. The number of fused-ring (bicyclic) bond motifs is 1. The first-order chi connectivity index (χ1) is 9.77. The normalized spacial score (nSPS) is 11.7. The molecule has 21 heavy (non-hydrogen) atoms. The zero-order chi connectivity index (χ0) is 15.8. The monoisotopic (exact) mass is 305 g/mol. The summed E-state index contributed by atoms with van der Waals surface area (Å²) in [5, 5.41) is -0.784. The smallest absolute Gasteiger partial charge is 0.434 e. The van der Waals surface area contributed by atoms with Crippen LogP contribution in [-0.4, -0.2) is 17.6 Å². The quantitative estimate of drug-likeness (QED) is 0.627. The lowest BCUT2D eigenvalue weighted by Crippen LogP contribution is -2.20. The number of benzene rings is 1. The lowest BCUT2D eigenvalue weighted by atomic mass is 10.1. The van der Waals surface area contributed by atoms with Crippen molar-refractivity contribution in [2.45, 2.75) is 13.1 Å². The molecule has 2 aromatic rings. The van der Waals surface area contributed by atoms with Crippen molar-refractivity contribution in [1.82, 2.24) is 4.98 Å². The fraction of sp³-hybridized carbons (Fsp3) is 0.231. The molecular formula is C13H8F5NO2. The second-order valence-electron chi connectivity index (χ2n) is 4.00. The van der Waals surface area contributed by atoms with Gasteiger partial charge in [0.2, 0.25) is 0 Å². The highest BCUT2D eigenvalue weighted by molar-refractivity contribution is 5.96. The third-order valence-corrected chi connectivity index (χ3v) is 2.65. The van der Waals surface area contributed by atoms with Gasteiger partial charge in [-0.3, -0.25) is 0 Å². The van der Waals surface area contributed by atoms with Crippen LogP contribution in [0.25, 0.3) is 10.9 Å². The van der Waals surface area contributed by atoms with Crippen LogP contribution in [0.1, 0.15) is 23.0 Å². The molecule has 8 heteroatoms. The summed E-state index contributed by atoms with van der Waals surface area (Å²) < 4.78 is 71.0. The Labute approximate surface area is 115 Å². The average Bonchev–Trinajstić information content (AvgIpc) is 2.37. The lowest BCUT2D eigenvalue weighted by molar-refractivity contribution is -0.141. The van der Waals surface area contributed by atoms with Crippen LogP contribution in [0.15, 0.2) is 18.2 Å². The Kier molecular flexibility index (Phi) is 3.80. The summed E-state index contributed by atoms with van der Waals surface area (Å²) in [6, 6.07) is 2.97. The van der Waals surface area contributed by atoms with Crippen LogP contribution in [-0.2, 0) is 10.9 Å². The van der Waals surface area contributed by atoms with Crippen molar-refractivity contribution < 1.29 is 31.5 Å². The van der Waals surface area contributed by atoms with Crippen molar-refractivity contribution in [3.63, 3.8) is 0 Å². The highest BCUT2D eigenvalue weighted by Crippen LogP contribution is 2.35. The van der Waals surface area contributed by atoms with Crippen molar-refractivity contribution in [2.75, 3.05) is 6.61 Å². The van der Waals surface area contributed by atoms with Gasteiger partial charge in [0.15, 0.2) is 11.5 Å². The number of pyridine rings is 1. The summed E-state index contributed by atoms with van der Waals surface area (Å²) in [6.45, 7) is 1.09. The number of hydrogen-bond donors (Lipinski definition) is 0. The highest BCUT2D eigenvalue weighted by atomic mass is 19.4. The molecule has 2 rings (SSSR count). The van der Waals surface area contributed by atoms with E-state index in [-0.39, 0.29) is 6.61 Å². The Morgan fingerprint density at radius 1 is 1.29 bits per heavy atom. The van der Waals surface area contributed by atoms with Crippen molar-refractivity contribution in [2.24, 2.45) is 0 Å². The van der Waals surface area contributed by atoms with Gasteiger partial charge in [0.05, 0.1) is 17.5 Å². The Hall–Kier alpha value is -2.25. The second-order valence-corrected chi connectivity index (χ2v) is 4.00. The molecule has 0 atom stereocenters. The molecular weight excluding hydrogens is 297 g/mol. The van der Waals surface area contributed by atoms with Gasteiger partial charge in [-0.05, 0) is 19.1 Å². The maximum Gasteiger partial charge on any atom is 0.434 e. The van der Waals surface area contributed by atoms with Crippen molar-refractivity contribution >= 4 is 16.9 Å². The molecule has 1 aromatic heterocycles. The van der Waals surface area contributed by atoms with E-state index in [0.29, 0.717) is 0 Å². The molecule has 3 nitrogen and oxygen atoms in total. The summed E-state index contributed by atoms with van der Waals surface area (Å²) >= 11 is 0. The Bertz CT molecular complexity index is 712. The van der Waals surface area contributed by atoms with Gasteiger partial charge in [-0.1, -0.05) is 6.07 Å². The largest absolute Gasteiger partial charge is 0.462 e. The highest BCUT2D eigenvalue weighted by Gasteiger charge is 2.40. The van der Waals surface area contributed by atoms with E-state index in [1.54, 1.807) is 0 Å². The van der Waals surface area contributed by atoms with E-state index in [1.807, 2.05) is 0 Å². The van der Waals surface area contributed by atoms with Crippen LogP contribution in [0.3, 0.4) is 0 Å².